The van der Waals surface area contributed by atoms with E-state index in [0.29, 0.717) is 24.9 Å². The van der Waals surface area contributed by atoms with Gasteiger partial charge >= 0.3 is 0 Å². The minimum absolute atomic E-state index is 0.00253. The van der Waals surface area contributed by atoms with Gasteiger partial charge in [-0.2, -0.15) is 0 Å². The van der Waals surface area contributed by atoms with E-state index in [4.69, 9.17) is 9.47 Å². The summed E-state index contributed by atoms with van der Waals surface area (Å²) in [4.78, 5) is 19.1. The lowest BCUT2D eigenvalue weighted by Crippen LogP contribution is -2.36. The quantitative estimate of drug-likeness (QED) is 0.615. The number of carbonyl (C=O) groups excluding carboxylic acids is 1. The molecule has 140 valence electrons. The molecule has 27 heavy (non-hydrogen) atoms. The topological polar surface area (TPSA) is 56.1 Å². The Morgan fingerprint density at radius 1 is 1.15 bits per heavy atom. The largest absolute Gasteiger partial charge is 0.494 e. The van der Waals surface area contributed by atoms with Gasteiger partial charge in [-0.25, -0.2) is 4.98 Å². The van der Waals surface area contributed by atoms with Crippen molar-refractivity contribution in [3.8, 4) is 11.5 Å². The maximum Gasteiger partial charge on any atom is 0.261 e. The lowest BCUT2D eigenvalue weighted by molar-refractivity contribution is -0.134. The van der Waals surface area contributed by atoms with Crippen molar-refractivity contribution >= 4 is 11.6 Å². The fourth-order valence-electron chi connectivity index (χ4n) is 3.11. The maximum atomic E-state index is 12.8. The molecule has 0 aliphatic heterocycles. The first-order valence-electron chi connectivity index (χ1n) is 9.30. The molecular weight excluding hydrogens is 342 g/mol. The van der Waals surface area contributed by atoms with Gasteiger partial charge in [0, 0.05) is 12.2 Å². The minimum atomic E-state index is -0.00253. The van der Waals surface area contributed by atoms with Gasteiger partial charge in [-0.05, 0) is 56.2 Å². The summed E-state index contributed by atoms with van der Waals surface area (Å²) in [6.07, 6.45) is 5.91. The van der Waals surface area contributed by atoms with Crippen molar-refractivity contribution in [1.29, 1.82) is 0 Å². The molecular formula is C21H23N3O3. The number of nitrogens with zero attached hydrogens (tertiary/aromatic N) is 3. The first kappa shape index (κ1) is 17.4. The summed E-state index contributed by atoms with van der Waals surface area (Å²) in [6, 6.07) is 13.5. The molecule has 0 saturated heterocycles. The molecule has 6 heteroatoms. The van der Waals surface area contributed by atoms with Gasteiger partial charge < -0.3 is 18.8 Å². The van der Waals surface area contributed by atoms with Crippen LogP contribution < -0.4 is 9.47 Å². The summed E-state index contributed by atoms with van der Waals surface area (Å²) in [6.45, 7) is 3.14. The highest BCUT2D eigenvalue weighted by molar-refractivity contribution is 5.78. The molecule has 0 unspecified atom stereocenters. The van der Waals surface area contributed by atoms with E-state index in [-0.39, 0.29) is 12.5 Å². The summed E-state index contributed by atoms with van der Waals surface area (Å²) in [5, 5.41) is 0. The maximum absolute atomic E-state index is 12.8. The first-order valence-corrected chi connectivity index (χ1v) is 9.30. The number of rotatable bonds is 8. The molecule has 0 bridgehead atoms. The van der Waals surface area contributed by atoms with Crippen molar-refractivity contribution in [2.24, 2.45) is 0 Å². The predicted octanol–water partition coefficient (Wildman–Crippen LogP) is 3.30. The van der Waals surface area contributed by atoms with E-state index in [1.165, 1.54) is 0 Å². The highest BCUT2D eigenvalue weighted by Gasteiger charge is 2.33. The van der Waals surface area contributed by atoms with E-state index < -0.39 is 0 Å². The molecule has 0 radical (unpaired) electrons. The van der Waals surface area contributed by atoms with Crippen molar-refractivity contribution < 1.29 is 14.3 Å². The van der Waals surface area contributed by atoms with Crippen LogP contribution in [0.1, 0.15) is 25.5 Å². The Labute approximate surface area is 158 Å². The average Bonchev–Trinajstić information content (AvgIpc) is 3.46. The van der Waals surface area contributed by atoms with Gasteiger partial charge in [0.15, 0.2) is 6.61 Å². The molecule has 1 aliphatic carbocycles. The molecule has 0 atom stereocenters. The molecule has 1 saturated carbocycles. The Bertz CT molecular complexity index is 916. The molecule has 1 fully saturated rings. The minimum Gasteiger partial charge on any atom is -0.494 e. The smallest absolute Gasteiger partial charge is 0.261 e. The summed E-state index contributed by atoms with van der Waals surface area (Å²) in [7, 11) is 0. The van der Waals surface area contributed by atoms with E-state index in [0.717, 1.165) is 29.9 Å². The van der Waals surface area contributed by atoms with Crippen molar-refractivity contribution in [3.05, 3.63) is 60.6 Å². The van der Waals surface area contributed by atoms with Gasteiger partial charge in [-0.1, -0.05) is 6.07 Å². The summed E-state index contributed by atoms with van der Waals surface area (Å²) in [5.74, 6) is 1.46. The number of fused-ring (bicyclic) bond motifs is 1. The van der Waals surface area contributed by atoms with E-state index in [1.54, 1.807) is 0 Å². The van der Waals surface area contributed by atoms with Crippen LogP contribution in [0.25, 0.3) is 5.65 Å². The Hall–Kier alpha value is -3.02. The van der Waals surface area contributed by atoms with Gasteiger partial charge in [-0.15, -0.1) is 0 Å². The van der Waals surface area contributed by atoms with Crippen LogP contribution in [0, 0.1) is 0 Å². The SMILES string of the molecule is CCOc1ccc(OCC(=O)N(Cc2cnc3ccccn23)C2CC2)cc1. The number of benzene rings is 1. The number of ether oxygens (including phenoxy) is 2. The number of hydrogen-bond donors (Lipinski definition) is 0. The number of carbonyl (C=O) groups is 1. The van der Waals surface area contributed by atoms with Crippen molar-refractivity contribution in [2.45, 2.75) is 32.4 Å². The Morgan fingerprint density at radius 3 is 2.59 bits per heavy atom. The predicted molar refractivity (Wildman–Crippen MR) is 102 cm³/mol. The van der Waals surface area contributed by atoms with Gasteiger partial charge in [0.05, 0.1) is 25.0 Å². The standard InChI is InChI=1S/C21H23N3O3/c1-2-26-18-8-10-19(11-9-18)27-15-21(25)24(16-6-7-16)14-17-13-22-20-5-3-4-12-23(17)20/h3-5,8-13,16H,2,6-7,14-15H2,1H3. The fourth-order valence-corrected chi connectivity index (χ4v) is 3.11. The normalized spacial score (nSPS) is 13.5. The number of imidazole rings is 1. The molecule has 1 aromatic carbocycles. The molecule has 2 aromatic heterocycles. The molecule has 1 amide bonds. The number of pyridine rings is 1. The van der Waals surface area contributed by atoms with Crippen molar-refractivity contribution in [2.75, 3.05) is 13.2 Å². The second kappa shape index (κ2) is 7.70. The molecule has 0 spiro atoms. The third-order valence-electron chi connectivity index (χ3n) is 4.63. The number of aromatic nitrogens is 2. The van der Waals surface area contributed by atoms with E-state index in [2.05, 4.69) is 4.98 Å². The first-order chi connectivity index (χ1) is 13.2. The second-order valence-corrected chi connectivity index (χ2v) is 6.62. The second-order valence-electron chi connectivity index (χ2n) is 6.62. The molecule has 0 N–H and O–H groups in total. The van der Waals surface area contributed by atoms with E-state index >= 15 is 0 Å². The van der Waals surface area contributed by atoms with Crippen LogP contribution in [0.2, 0.25) is 0 Å². The Kier molecular flexibility index (Phi) is 4.96. The van der Waals surface area contributed by atoms with E-state index in [9.17, 15) is 4.79 Å². The zero-order valence-corrected chi connectivity index (χ0v) is 15.4. The molecule has 2 heterocycles. The molecule has 4 rings (SSSR count). The van der Waals surface area contributed by atoms with Crippen LogP contribution >= 0.6 is 0 Å². The summed E-state index contributed by atoms with van der Waals surface area (Å²) >= 11 is 0. The highest BCUT2D eigenvalue weighted by Crippen LogP contribution is 2.29. The van der Waals surface area contributed by atoms with Crippen LogP contribution in [-0.2, 0) is 11.3 Å². The van der Waals surface area contributed by atoms with Gasteiger partial charge in [0.1, 0.15) is 17.1 Å². The van der Waals surface area contributed by atoms with Crippen molar-refractivity contribution in [3.63, 3.8) is 0 Å². The summed E-state index contributed by atoms with van der Waals surface area (Å²) < 4.78 is 13.1. The Balaban J connectivity index is 1.40. The van der Waals surface area contributed by atoms with Gasteiger partial charge in [0.25, 0.3) is 5.91 Å². The Morgan fingerprint density at radius 2 is 1.89 bits per heavy atom. The lowest BCUT2D eigenvalue weighted by Gasteiger charge is -2.22. The molecule has 3 aromatic rings. The molecule has 1 aliphatic rings. The third kappa shape index (κ3) is 4.05. The highest BCUT2D eigenvalue weighted by atomic mass is 16.5. The summed E-state index contributed by atoms with van der Waals surface area (Å²) in [5.41, 5.74) is 1.90. The van der Waals surface area contributed by atoms with Crippen molar-refractivity contribution in [1.82, 2.24) is 14.3 Å². The van der Waals surface area contributed by atoms with E-state index in [1.807, 2.05) is 71.1 Å². The van der Waals surface area contributed by atoms with Crippen LogP contribution in [0.15, 0.2) is 54.9 Å². The van der Waals surface area contributed by atoms with Crippen LogP contribution in [0.3, 0.4) is 0 Å². The number of hydrogen-bond acceptors (Lipinski definition) is 4. The third-order valence-corrected chi connectivity index (χ3v) is 4.63. The van der Waals surface area contributed by atoms with Gasteiger partial charge in [-0.3, -0.25) is 4.79 Å². The van der Waals surface area contributed by atoms with Crippen LogP contribution in [0.5, 0.6) is 11.5 Å². The zero-order valence-electron chi connectivity index (χ0n) is 15.4. The van der Waals surface area contributed by atoms with Crippen LogP contribution in [-0.4, -0.2) is 39.4 Å². The van der Waals surface area contributed by atoms with Gasteiger partial charge in [0.2, 0.25) is 0 Å². The molecule has 6 nitrogen and oxygen atoms in total. The zero-order chi connectivity index (χ0) is 18.6. The average molecular weight is 365 g/mol. The number of amides is 1. The monoisotopic (exact) mass is 365 g/mol. The lowest BCUT2D eigenvalue weighted by atomic mass is 10.3. The van der Waals surface area contributed by atoms with Crippen LogP contribution in [0.4, 0.5) is 0 Å². The fraction of sp³-hybridized carbons (Fsp3) is 0.333.